The van der Waals surface area contributed by atoms with Crippen molar-refractivity contribution in [3.63, 3.8) is 0 Å². The Bertz CT molecular complexity index is 1200. The van der Waals surface area contributed by atoms with Gasteiger partial charge in [0.2, 0.25) is 5.91 Å². The highest BCUT2D eigenvalue weighted by molar-refractivity contribution is 5.98. The number of nitrogens with one attached hydrogen (secondary N) is 1. The molecule has 0 aliphatic carbocycles. The van der Waals surface area contributed by atoms with Gasteiger partial charge in [-0.2, -0.15) is 5.10 Å². The second-order valence-corrected chi connectivity index (χ2v) is 8.88. The Hall–Kier alpha value is -4.05. The highest BCUT2D eigenvalue weighted by Crippen LogP contribution is 2.18. The first-order valence-electron chi connectivity index (χ1n) is 12.4. The summed E-state index contributed by atoms with van der Waals surface area (Å²) in [5, 5.41) is 7.31. The van der Waals surface area contributed by atoms with Crippen LogP contribution in [0.4, 0.5) is 0 Å². The van der Waals surface area contributed by atoms with Crippen LogP contribution in [0.25, 0.3) is 0 Å². The molecule has 3 heterocycles. The summed E-state index contributed by atoms with van der Waals surface area (Å²) in [6.07, 6.45) is 4.24. The maximum Gasteiger partial charge on any atom is 0.274 e. The molecule has 1 aromatic carbocycles. The number of carbonyl (C=O) groups is 3. The number of fused-ring (bicyclic) bond motifs is 1. The molecule has 0 bridgehead atoms. The lowest BCUT2D eigenvalue weighted by Crippen LogP contribution is -2.37. The van der Waals surface area contributed by atoms with Crippen molar-refractivity contribution in [3.8, 4) is 0 Å². The van der Waals surface area contributed by atoms with Crippen molar-refractivity contribution in [1.82, 2.24) is 29.9 Å². The van der Waals surface area contributed by atoms with E-state index in [2.05, 4.69) is 15.4 Å². The first-order valence-corrected chi connectivity index (χ1v) is 12.4. The Morgan fingerprint density at radius 2 is 1.89 bits per heavy atom. The molecule has 3 aromatic rings. The van der Waals surface area contributed by atoms with Gasteiger partial charge in [0.1, 0.15) is 5.69 Å². The van der Waals surface area contributed by atoms with Crippen LogP contribution < -0.4 is 5.32 Å². The fourth-order valence-corrected chi connectivity index (χ4v) is 4.20. The predicted molar refractivity (Wildman–Crippen MR) is 137 cm³/mol. The van der Waals surface area contributed by atoms with Gasteiger partial charge < -0.3 is 19.9 Å². The SMILES string of the molecule is COCCN(CCC(=O)NCc1cccnc1)C(=O)c1cc2n(n1)CCCN(Cc1ccccc1)C2=O. The van der Waals surface area contributed by atoms with E-state index in [1.54, 1.807) is 40.1 Å². The highest BCUT2D eigenvalue weighted by Gasteiger charge is 2.28. The Morgan fingerprint density at radius 1 is 1.08 bits per heavy atom. The Balaban J connectivity index is 1.41. The van der Waals surface area contributed by atoms with Crippen molar-refractivity contribution in [2.45, 2.75) is 32.5 Å². The summed E-state index contributed by atoms with van der Waals surface area (Å²) in [6, 6.07) is 15.1. The molecular formula is C27H32N6O4. The monoisotopic (exact) mass is 504 g/mol. The number of carbonyl (C=O) groups excluding carboxylic acids is 3. The second kappa shape index (κ2) is 12.8. The number of methoxy groups -OCH3 is 1. The van der Waals surface area contributed by atoms with Crippen LogP contribution in [-0.2, 0) is 29.2 Å². The summed E-state index contributed by atoms with van der Waals surface area (Å²) in [7, 11) is 1.56. The average Bonchev–Trinajstić information content (AvgIpc) is 3.30. The summed E-state index contributed by atoms with van der Waals surface area (Å²) < 4.78 is 6.79. The Labute approximate surface area is 216 Å². The lowest BCUT2D eigenvalue weighted by Gasteiger charge is -2.21. The molecule has 0 unspecified atom stereocenters. The van der Waals surface area contributed by atoms with Crippen LogP contribution in [0.5, 0.6) is 0 Å². The molecule has 1 N–H and O–H groups in total. The third-order valence-electron chi connectivity index (χ3n) is 6.19. The van der Waals surface area contributed by atoms with E-state index in [1.807, 2.05) is 42.5 Å². The molecule has 0 saturated heterocycles. The van der Waals surface area contributed by atoms with Crippen LogP contribution in [0.15, 0.2) is 60.9 Å². The molecular weight excluding hydrogens is 472 g/mol. The predicted octanol–water partition coefficient (Wildman–Crippen LogP) is 2.12. The van der Waals surface area contributed by atoms with E-state index >= 15 is 0 Å². The summed E-state index contributed by atoms with van der Waals surface area (Å²) in [6.45, 7) is 2.87. The normalized spacial score (nSPS) is 13.1. The van der Waals surface area contributed by atoms with E-state index in [4.69, 9.17) is 4.74 Å². The van der Waals surface area contributed by atoms with Crippen LogP contribution in [0, 0.1) is 0 Å². The third-order valence-corrected chi connectivity index (χ3v) is 6.19. The first-order chi connectivity index (χ1) is 18.0. The van der Waals surface area contributed by atoms with Gasteiger partial charge in [-0.25, -0.2) is 0 Å². The van der Waals surface area contributed by atoms with Gasteiger partial charge in [-0.15, -0.1) is 0 Å². The number of benzene rings is 1. The van der Waals surface area contributed by atoms with E-state index < -0.39 is 0 Å². The highest BCUT2D eigenvalue weighted by atomic mass is 16.5. The average molecular weight is 505 g/mol. The zero-order chi connectivity index (χ0) is 26.0. The van der Waals surface area contributed by atoms with Gasteiger partial charge in [0.05, 0.1) is 6.61 Å². The van der Waals surface area contributed by atoms with Gasteiger partial charge in [0.25, 0.3) is 11.8 Å². The molecule has 0 radical (unpaired) electrons. The molecule has 2 aromatic heterocycles. The number of rotatable bonds is 11. The van der Waals surface area contributed by atoms with Crippen LogP contribution in [-0.4, -0.2) is 75.6 Å². The third kappa shape index (κ3) is 7.01. The first kappa shape index (κ1) is 26.0. The molecule has 0 spiro atoms. The lowest BCUT2D eigenvalue weighted by molar-refractivity contribution is -0.121. The van der Waals surface area contributed by atoms with Crippen molar-refractivity contribution < 1.29 is 19.1 Å². The van der Waals surface area contributed by atoms with Gasteiger partial charge in [-0.3, -0.25) is 24.0 Å². The molecule has 1 aliphatic rings. The Kier molecular flexibility index (Phi) is 8.98. The minimum Gasteiger partial charge on any atom is -0.383 e. The number of nitrogens with zero attached hydrogens (tertiary/aromatic N) is 5. The summed E-state index contributed by atoms with van der Waals surface area (Å²) in [5.74, 6) is -0.655. The summed E-state index contributed by atoms with van der Waals surface area (Å²) in [5.41, 5.74) is 2.54. The van der Waals surface area contributed by atoms with Gasteiger partial charge in [0, 0.05) is 71.3 Å². The van der Waals surface area contributed by atoms with Gasteiger partial charge in [-0.05, 0) is 23.6 Å². The van der Waals surface area contributed by atoms with Crippen molar-refractivity contribution in [2.75, 3.05) is 33.4 Å². The number of ether oxygens (including phenoxy) is 1. The molecule has 37 heavy (non-hydrogen) atoms. The lowest BCUT2D eigenvalue weighted by atomic mass is 10.2. The zero-order valence-corrected chi connectivity index (χ0v) is 21.0. The van der Waals surface area contributed by atoms with Crippen molar-refractivity contribution in [2.24, 2.45) is 0 Å². The topological polar surface area (TPSA) is 110 Å². The van der Waals surface area contributed by atoms with E-state index in [-0.39, 0.29) is 36.4 Å². The van der Waals surface area contributed by atoms with Crippen molar-refractivity contribution >= 4 is 17.7 Å². The molecule has 4 rings (SSSR count). The summed E-state index contributed by atoms with van der Waals surface area (Å²) >= 11 is 0. The number of amides is 3. The van der Waals surface area contributed by atoms with Crippen LogP contribution >= 0.6 is 0 Å². The summed E-state index contributed by atoms with van der Waals surface area (Å²) in [4.78, 5) is 46.4. The molecule has 0 atom stereocenters. The number of pyridine rings is 1. The van der Waals surface area contributed by atoms with E-state index in [0.717, 1.165) is 17.5 Å². The zero-order valence-electron chi connectivity index (χ0n) is 21.0. The molecule has 0 saturated carbocycles. The standard InChI is InChI=1S/C27H32N6O4/c1-37-16-15-31(14-10-25(34)29-19-22-9-5-11-28-18-22)26(35)23-17-24-27(36)32(12-6-13-33(24)30-23)20-21-7-3-2-4-8-21/h2-5,7-9,11,17-18H,6,10,12-16,19-20H2,1H3,(H,29,34). The fraction of sp³-hybridized carbons (Fsp3) is 0.370. The van der Waals surface area contributed by atoms with E-state index in [0.29, 0.717) is 45.0 Å². The van der Waals surface area contributed by atoms with E-state index in [1.165, 1.54) is 0 Å². The molecule has 10 heteroatoms. The quantitative estimate of drug-likeness (QED) is 0.428. The van der Waals surface area contributed by atoms with Crippen LogP contribution in [0.1, 0.15) is 44.9 Å². The fourth-order valence-electron chi connectivity index (χ4n) is 4.20. The van der Waals surface area contributed by atoms with Gasteiger partial charge >= 0.3 is 0 Å². The van der Waals surface area contributed by atoms with Gasteiger partial charge in [0.15, 0.2) is 5.69 Å². The van der Waals surface area contributed by atoms with Crippen LogP contribution in [0.2, 0.25) is 0 Å². The maximum absolute atomic E-state index is 13.4. The maximum atomic E-state index is 13.4. The molecule has 10 nitrogen and oxygen atoms in total. The van der Waals surface area contributed by atoms with Gasteiger partial charge in [-0.1, -0.05) is 36.4 Å². The Morgan fingerprint density at radius 3 is 2.65 bits per heavy atom. The minimum absolute atomic E-state index is 0.132. The van der Waals surface area contributed by atoms with Crippen molar-refractivity contribution in [1.29, 1.82) is 0 Å². The molecule has 194 valence electrons. The number of hydrogen-bond donors (Lipinski definition) is 1. The van der Waals surface area contributed by atoms with Crippen molar-refractivity contribution in [3.05, 3.63) is 83.4 Å². The number of aromatic nitrogens is 3. The number of aryl methyl sites for hydroxylation is 1. The largest absolute Gasteiger partial charge is 0.383 e. The number of hydrogen-bond acceptors (Lipinski definition) is 6. The van der Waals surface area contributed by atoms with Crippen LogP contribution in [0.3, 0.4) is 0 Å². The van der Waals surface area contributed by atoms with E-state index in [9.17, 15) is 14.4 Å². The molecule has 3 amide bonds. The minimum atomic E-state index is -0.333. The second-order valence-electron chi connectivity index (χ2n) is 8.88. The molecule has 1 aliphatic heterocycles. The smallest absolute Gasteiger partial charge is 0.274 e. The molecule has 0 fully saturated rings.